The number of carbonyl (C=O) groups excluding carboxylic acids is 1. The van der Waals surface area contributed by atoms with Gasteiger partial charge in [0.25, 0.3) is 0 Å². The van der Waals surface area contributed by atoms with Crippen LogP contribution in [0.15, 0.2) is 42.1 Å². The average molecular weight is 498 g/mol. The normalized spacial score (nSPS) is 14.8. The Morgan fingerprint density at radius 2 is 2.24 bits per heavy atom. The zero-order chi connectivity index (χ0) is 24.1. The molecule has 1 amide bonds. The second kappa shape index (κ2) is 10.8. The SMILES string of the molecule is C=CCn1c(COc2ccc(F)cc2)nnc1SCC(=O)Nc1sc2c(c1C#N)CCC(C)C2. The molecular weight excluding hydrogens is 473 g/mol. The van der Waals surface area contributed by atoms with Crippen molar-refractivity contribution >= 4 is 34.0 Å². The zero-order valence-corrected chi connectivity index (χ0v) is 20.3. The Kier molecular flexibility index (Phi) is 7.65. The molecule has 1 atom stereocenters. The lowest BCUT2D eigenvalue weighted by atomic mass is 9.89. The molecule has 1 unspecified atom stereocenters. The number of anilines is 1. The molecule has 1 N–H and O–H groups in total. The van der Waals surface area contributed by atoms with Crippen molar-refractivity contribution in [3.05, 3.63) is 64.6 Å². The number of nitrogens with one attached hydrogen (secondary N) is 1. The van der Waals surface area contributed by atoms with Crippen LogP contribution in [0, 0.1) is 23.1 Å². The van der Waals surface area contributed by atoms with Gasteiger partial charge < -0.3 is 10.1 Å². The van der Waals surface area contributed by atoms with Crippen molar-refractivity contribution in [2.45, 2.75) is 44.5 Å². The number of hydrogen-bond acceptors (Lipinski definition) is 7. The summed E-state index contributed by atoms with van der Waals surface area (Å²) in [5, 5.41) is 22.1. The molecule has 0 saturated heterocycles. The number of fused-ring (bicyclic) bond motifs is 1. The Labute approximate surface area is 205 Å². The maximum absolute atomic E-state index is 13.1. The smallest absolute Gasteiger partial charge is 0.235 e. The number of aromatic nitrogens is 3. The van der Waals surface area contributed by atoms with Crippen LogP contribution in [0.4, 0.5) is 9.39 Å². The van der Waals surface area contributed by atoms with Crippen LogP contribution < -0.4 is 10.1 Å². The van der Waals surface area contributed by atoms with Gasteiger partial charge in [0, 0.05) is 11.4 Å². The highest BCUT2D eigenvalue weighted by Crippen LogP contribution is 2.39. The Morgan fingerprint density at radius 3 is 2.97 bits per heavy atom. The van der Waals surface area contributed by atoms with E-state index in [0.29, 0.717) is 39.8 Å². The minimum absolute atomic E-state index is 0.123. The number of allylic oxidation sites excluding steroid dienone is 1. The second-order valence-corrected chi connectivity index (χ2v) is 10.1. The summed E-state index contributed by atoms with van der Waals surface area (Å²) in [6.45, 7) is 6.58. The van der Waals surface area contributed by atoms with Crippen molar-refractivity contribution < 1.29 is 13.9 Å². The molecule has 1 aromatic carbocycles. The number of benzene rings is 1. The van der Waals surface area contributed by atoms with E-state index in [1.165, 1.54) is 40.1 Å². The third-order valence-electron chi connectivity index (χ3n) is 5.50. The van der Waals surface area contributed by atoms with Crippen molar-refractivity contribution in [3.8, 4) is 11.8 Å². The number of carbonyl (C=O) groups is 1. The summed E-state index contributed by atoms with van der Waals surface area (Å²) in [4.78, 5) is 13.9. The van der Waals surface area contributed by atoms with Gasteiger partial charge >= 0.3 is 0 Å². The van der Waals surface area contributed by atoms with Crippen molar-refractivity contribution in [1.29, 1.82) is 5.26 Å². The van der Waals surface area contributed by atoms with Gasteiger partial charge in [-0.1, -0.05) is 24.8 Å². The highest BCUT2D eigenvalue weighted by molar-refractivity contribution is 7.99. The van der Waals surface area contributed by atoms with E-state index in [9.17, 15) is 14.4 Å². The number of halogens is 1. The molecular formula is C24H24FN5O2S2. The summed E-state index contributed by atoms with van der Waals surface area (Å²) in [7, 11) is 0. The van der Waals surface area contributed by atoms with Gasteiger partial charge in [-0.15, -0.1) is 28.1 Å². The van der Waals surface area contributed by atoms with E-state index in [2.05, 4.69) is 35.1 Å². The van der Waals surface area contributed by atoms with Gasteiger partial charge in [0.05, 0.1) is 11.3 Å². The molecule has 0 bridgehead atoms. The standard InChI is InChI=1S/C24H24FN5O2S2/c1-3-10-30-21(13-32-17-7-5-16(25)6-8-17)28-29-24(30)33-14-22(31)27-23-19(12-26)18-9-4-15(2)11-20(18)34-23/h3,5-8,15H,1,4,9-11,13-14H2,2H3,(H,27,31). The lowest BCUT2D eigenvalue weighted by Gasteiger charge is -2.17. The van der Waals surface area contributed by atoms with E-state index >= 15 is 0 Å². The number of nitrogens with zero attached hydrogens (tertiary/aromatic N) is 4. The van der Waals surface area contributed by atoms with Crippen molar-refractivity contribution in [3.63, 3.8) is 0 Å². The van der Waals surface area contributed by atoms with Crippen molar-refractivity contribution in [2.24, 2.45) is 5.92 Å². The minimum atomic E-state index is -0.335. The Morgan fingerprint density at radius 1 is 1.44 bits per heavy atom. The third-order valence-corrected chi connectivity index (χ3v) is 7.63. The van der Waals surface area contributed by atoms with Crippen LogP contribution in [0.1, 0.15) is 35.2 Å². The van der Waals surface area contributed by atoms with Crippen molar-refractivity contribution in [1.82, 2.24) is 14.8 Å². The van der Waals surface area contributed by atoms with Gasteiger partial charge in [0.15, 0.2) is 11.0 Å². The van der Waals surface area contributed by atoms with E-state index < -0.39 is 0 Å². The summed E-state index contributed by atoms with van der Waals surface area (Å²) in [5.41, 5.74) is 1.69. The first-order chi connectivity index (χ1) is 16.5. The van der Waals surface area contributed by atoms with Gasteiger partial charge in [0.1, 0.15) is 29.2 Å². The molecule has 2 heterocycles. The summed E-state index contributed by atoms with van der Waals surface area (Å²) < 4.78 is 20.6. The van der Waals surface area contributed by atoms with E-state index in [4.69, 9.17) is 4.74 Å². The first-order valence-corrected chi connectivity index (χ1v) is 12.7. The molecule has 0 saturated carbocycles. The molecule has 176 valence electrons. The van der Waals surface area contributed by atoms with Crippen LogP contribution in [0.3, 0.4) is 0 Å². The Hall–Kier alpha value is -3.16. The van der Waals surface area contributed by atoms with Gasteiger partial charge in [-0.3, -0.25) is 9.36 Å². The van der Waals surface area contributed by atoms with E-state index in [0.717, 1.165) is 24.8 Å². The van der Waals surface area contributed by atoms with E-state index in [1.54, 1.807) is 18.2 Å². The van der Waals surface area contributed by atoms with Crippen LogP contribution in [0.25, 0.3) is 0 Å². The van der Waals surface area contributed by atoms with Gasteiger partial charge in [-0.25, -0.2) is 4.39 Å². The van der Waals surface area contributed by atoms with Crippen LogP contribution >= 0.6 is 23.1 Å². The fourth-order valence-electron chi connectivity index (χ4n) is 3.77. The highest BCUT2D eigenvalue weighted by Gasteiger charge is 2.25. The number of thiophene rings is 1. The predicted octanol–water partition coefficient (Wildman–Crippen LogP) is 4.97. The summed E-state index contributed by atoms with van der Waals surface area (Å²) >= 11 is 2.76. The summed E-state index contributed by atoms with van der Waals surface area (Å²) in [5.74, 6) is 1.26. The fraction of sp³-hybridized carbons (Fsp3) is 0.333. The molecule has 0 spiro atoms. The minimum Gasteiger partial charge on any atom is -0.486 e. The topological polar surface area (TPSA) is 92.8 Å². The molecule has 4 rings (SSSR count). The summed E-state index contributed by atoms with van der Waals surface area (Å²) in [6.07, 6.45) is 4.61. The van der Waals surface area contributed by atoms with Crippen LogP contribution in [0.5, 0.6) is 5.75 Å². The zero-order valence-electron chi connectivity index (χ0n) is 18.7. The Balaban J connectivity index is 1.39. The molecule has 1 aliphatic rings. The maximum Gasteiger partial charge on any atom is 0.235 e. The maximum atomic E-state index is 13.1. The average Bonchev–Trinajstić information content (AvgIpc) is 3.37. The number of hydrogen-bond donors (Lipinski definition) is 1. The lowest BCUT2D eigenvalue weighted by molar-refractivity contribution is -0.113. The first kappa shape index (κ1) is 24.0. The Bertz CT molecular complexity index is 1230. The van der Waals surface area contributed by atoms with Gasteiger partial charge in [-0.05, 0) is 55.0 Å². The van der Waals surface area contributed by atoms with Gasteiger partial charge in [0.2, 0.25) is 5.91 Å². The van der Waals surface area contributed by atoms with Crippen LogP contribution in [-0.2, 0) is 30.8 Å². The number of nitriles is 1. The number of thioether (sulfide) groups is 1. The quantitative estimate of drug-likeness (QED) is 0.331. The lowest BCUT2D eigenvalue weighted by Crippen LogP contribution is -2.15. The largest absolute Gasteiger partial charge is 0.486 e. The molecule has 34 heavy (non-hydrogen) atoms. The number of rotatable bonds is 9. The molecule has 7 nitrogen and oxygen atoms in total. The monoisotopic (exact) mass is 497 g/mol. The third kappa shape index (κ3) is 5.48. The second-order valence-electron chi connectivity index (χ2n) is 8.05. The molecule has 3 aromatic rings. The predicted molar refractivity (Wildman–Crippen MR) is 131 cm³/mol. The highest BCUT2D eigenvalue weighted by atomic mass is 32.2. The fourth-order valence-corrected chi connectivity index (χ4v) is 5.92. The summed E-state index contributed by atoms with van der Waals surface area (Å²) in [6, 6.07) is 8.01. The molecule has 0 aliphatic heterocycles. The van der Waals surface area contributed by atoms with E-state index in [-0.39, 0.29) is 24.1 Å². The molecule has 1 aliphatic carbocycles. The number of amides is 1. The van der Waals surface area contributed by atoms with Gasteiger partial charge in [-0.2, -0.15) is 5.26 Å². The molecule has 0 radical (unpaired) electrons. The van der Waals surface area contributed by atoms with Crippen LogP contribution in [0.2, 0.25) is 0 Å². The number of ether oxygens (including phenoxy) is 1. The first-order valence-electron chi connectivity index (χ1n) is 10.9. The molecule has 0 fully saturated rings. The van der Waals surface area contributed by atoms with Crippen molar-refractivity contribution in [2.75, 3.05) is 11.1 Å². The van der Waals surface area contributed by atoms with E-state index in [1.807, 2.05) is 4.57 Å². The molecule has 10 heteroatoms. The van der Waals surface area contributed by atoms with Crippen LogP contribution in [-0.4, -0.2) is 26.4 Å². The molecule has 2 aromatic heterocycles.